The molecule has 104 valence electrons. The van der Waals surface area contributed by atoms with E-state index in [2.05, 4.69) is 0 Å². The van der Waals surface area contributed by atoms with Crippen molar-refractivity contribution >= 4 is 17.4 Å². The van der Waals surface area contributed by atoms with E-state index >= 15 is 0 Å². The van der Waals surface area contributed by atoms with Crippen LogP contribution < -0.4 is 9.47 Å². The van der Waals surface area contributed by atoms with Gasteiger partial charge in [-0.25, -0.2) is 0 Å². The molecule has 0 spiro atoms. The summed E-state index contributed by atoms with van der Waals surface area (Å²) in [4.78, 5) is 12.5. The fourth-order valence-electron chi connectivity index (χ4n) is 1.92. The van der Waals surface area contributed by atoms with Crippen molar-refractivity contribution in [1.82, 2.24) is 0 Å². The quantitative estimate of drug-likeness (QED) is 0.619. The summed E-state index contributed by atoms with van der Waals surface area (Å²) in [5.74, 6) is 0.858. The van der Waals surface area contributed by atoms with Gasteiger partial charge in [-0.3, -0.25) is 4.79 Å². The second-order valence-electron chi connectivity index (χ2n) is 4.20. The molecule has 0 bridgehead atoms. The number of alkyl halides is 1. The van der Waals surface area contributed by atoms with E-state index in [-0.39, 0.29) is 5.78 Å². The predicted octanol–water partition coefficient (Wildman–Crippen LogP) is 3.87. The van der Waals surface area contributed by atoms with E-state index in [4.69, 9.17) is 21.1 Å². The minimum Gasteiger partial charge on any atom is -0.497 e. The predicted molar refractivity (Wildman–Crippen MR) is 78.9 cm³/mol. The van der Waals surface area contributed by atoms with Gasteiger partial charge >= 0.3 is 0 Å². The van der Waals surface area contributed by atoms with Crippen LogP contribution >= 0.6 is 11.6 Å². The summed E-state index contributed by atoms with van der Waals surface area (Å²) in [6.07, 6.45) is 0. The summed E-state index contributed by atoms with van der Waals surface area (Å²) >= 11 is 6.27. The number of carbonyl (C=O) groups excluding carboxylic acids is 1. The number of benzene rings is 2. The number of ether oxygens (including phenoxy) is 2. The zero-order chi connectivity index (χ0) is 14.5. The first-order valence-electron chi connectivity index (χ1n) is 6.12. The van der Waals surface area contributed by atoms with Crippen LogP contribution in [0.15, 0.2) is 48.5 Å². The Hall–Kier alpha value is -2.00. The van der Waals surface area contributed by atoms with Gasteiger partial charge in [-0.15, -0.1) is 11.6 Å². The highest BCUT2D eigenvalue weighted by molar-refractivity contribution is 6.34. The summed E-state index contributed by atoms with van der Waals surface area (Å²) < 4.78 is 10.4. The lowest BCUT2D eigenvalue weighted by Gasteiger charge is -2.13. The van der Waals surface area contributed by atoms with Crippen LogP contribution in [0.4, 0.5) is 0 Å². The van der Waals surface area contributed by atoms with Gasteiger partial charge < -0.3 is 9.47 Å². The number of hydrogen-bond acceptors (Lipinski definition) is 3. The monoisotopic (exact) mass is 290 g/mol. The summed E-state index contributed by atoms with van der Waals surface area (Å²) in [6.45, 7) is 0. The van der Waals surface area contributed by atoms with Crippen molar-refractivity contribution in [2.75, 3.05) is 14.2 Å². The Morgan fingerprint density at radius 1 is 1.05 bits per heavy atom. The molecule has 0 fully saturated rings. The number of methoxy groups -OCH3 is 2. The molecule has 0 saturated heterocycles. The minimum atomic E-state index is -0.753. The van der Waals surface area contributed by atoms with Crippen LogP contribution in [0.5, 0.6) is 11.5 Å². The molecule has 0 N–H and O–H groups in total. The number of hydrogen-bond donors (Lipinski definition) is 0. The minimum absolute atomic E-state index is 0.214. The van der Waals surface area contributed by atoms with Gasteiger partial charge in [0, 0.05) is 0 Å². The van der Waals surface area contributed by atoms with Crippen LogP contribution in [-0.4, -0.2) is 20.0 Å². The molecule has 4 heteroatoms. The number of ketones is 1. The first-order chi connectivity index (χ1) is 9.67. The average molecular weight is 291 g/mol. The highest BCUT2D eigenvalue weighted by Crippen LogP contribution is 2.31. The van der Waals surface area contributed by atoms with Gasteiger partial charge in [-0.2, -0.15) is 0 Å². The van der Waals surface area contributed by atoms with E-state index in [0.29, 0.717) is 17.1 Å². The van der Waals surface area contributed by atoms with Crippen molar-refractivity contribution < 1.29 is 14.3 Å². The zero-order valence-corrected chi connectivity index (χ0v) is 12.1. The van der Waals surface area contributed by atoms with Crippen molar-refractivity contribution in [3.63, 3.8) is 0 Å². The topological polar surface area (TPSA) is 35.5 Å². The Labute approximate surface area is 123 Å². The molecule has 0 aliphatic heterocycles. The smallest absolute Gasteiger partial charge is 0.188 e. The highest BCUT2D eigenvalue weighted by Gasteiger charge is 2.23. The molecular weight excluding hydrogens is 276 g/mol. The Balaban J connectivity index is 2.37. The fraction of sp³-hybridized carbons (Fsp3) is 0.188. The van der Waals surface area contributed by atoms with E-state index in [9.17, 15) is 4.79 Å². The normalized spacial score (nSPS) is 11.8. The van der Waals surface area contributed by atoms with Gasteiger partial charge in [0.2, 0.25) is 0 Å². The zero-order valence-electron chi connectivity index (χ0n) is 11.3. The maximum absolute atomic E-state index is 12.5. The van der Waals surface area contributed by atoms with Crippen LogP contribution in [0.25, 0.3) is 0 Å². The fourth-order valence-corrected chi connectivity index (χ4v) is 2.18. The molecule has 1 unspecified atom stereocenters. The summed E-state index contributed by atoms with van der Waals surface area (Å²) in [6, 6.07) is 14.3. The molecule has 0 aliphatic carbocycles. The van der Waals surface area contributed by atoms with Gasteiger partial charge in [0.15, 0.2) is 5.78 Å². The van der Waals surface area contributed by atoms with Crippen LogP contribution in [0.3, 0.4) is 0 Å². The highest BCUT2D eigenvalue weighted by atomic mass is 35.5. The molecule has 0 radical (unpaired) electrons. The third kappa shape index (κ3) is 2.94. The first kappa shape index (κ1) is 14.4. The van der Waals surface area contributed by atoms with Crippen LogP contribution in [0.1, 0.15) is 21.3 Å². The number of halogens is 1. The lowest BCUT2D eigenvalue weighted by atomic mass is 10.0. The maximum Gasteiger partial charge on any atom is 0.188 e. The molecule has 1 atom stereocenters. The van der Waals surface area contributed by atoms with E-state index in [0.717, 1.165) is 5.56 Å². The third-order valence-electron chi connectivity index (χ3n) is 2.99. The molecule has 2 aromatic rings. The molecule has 2 rings (SSSR count). The van der Waals surface area contributed by atoms with Crippen LogP contribution in [-0.2, 0) is 0 Å². The van der Waals surface area contributed by atoms with Crippen molar-refractivity contribution in [3.8, 4) is 11.5 Å². The van der Waals surface area contributed by atoms with Gasteiger partial charge in [-0.1, -0.05) is 30.3 Å². The van der Waals surface area contributed by atoms with E-state index in [1.165, 1.54) is 7.11 Å². The molecular formula is C16H15ClO3. The number of rotatable bonds is 5. The van der Waals surface area contributed by atoms with Crippen molar-refractivity contribution in [3.05, 3.63) is 59.7 Å². The second kappa shape index (κ2) is 6.44. The van der Waals surface area contributed by atoms with Crippen molar-refractivity contribution in [2.24, 2.45) is 0 Å². The number of Topliss-reactive ketones (excluding diaryl/α,β-unsaturated/α-hetero) is 1. The number of carbonyl (C=O) groups is 1. The van der Waals surface area contributed by atoms with E-state index < -0.39 is 5.38 Å². The lowest BCUT2D eigenvalue weighted by molar-refractivity contribution is 0.0984. The summed E-state index contributed by atoms with van der Waals surface area (Å²) in [5, 5.41) is -0.753. The standard InChI is InChI=1S/C16H15ClO3/c1-19-12-8-9-14(20-2)13(10-12)16(18)15(17)11-6-4-3-5-7-11/h3-10,15H,1-2H3. The van der Waals surface area contributed by atoms with E-state index in [1.807, 2.05) is 30.3 Å². The van der Waals surface area contributed by atoms with E-state index in [1.54, 1.807) is 25.3 Å². The molecule has 0 aromatic heterocycles. The van der Waals surface area contributed by atoms with Crippen LogP contribution in [0.2, 0.25) is 0 Å². The Kier molecular flexibility index (Phi) is 4.64. The molecule has 0 saturated carbocycles. The van der Waals surface area contributed by atoms with Crippen molar-refractivity contribution in [1.29, 1.82) is 0 Å². The Bertz CT molecular complexity index is 596. The summed E-state index contributed by atoms with van der Waals surface area (Å²) in [5.41, 5.74) is 1.17. The second-order valence-corrected chi connectivity index (χ2v) is 4.64. The SMILES string of the molecule is COc1ccc(OC)c(C(=O)C(Cl)c2ccccc2)c1. The molecule has 0 heterocycles. The molecule has 0 aliphatic rings. The van der Waals surface area contributed by atoms with Gasteiger partial charge in [0.05, 0.1) is 19.8 Å². The molecule has 2 aromatic carbocycles. The molecule has 3 nitrogen and oxygen atoms in total. The molecule has 20 heavy (non-hydrogen) atoms. The molecule has 0 amide bonds. The Morgan fingerprint density at radius 2 is 1.75 bits per heavy atom. The first-order valence-corrected chi connectivity index (χ1v) is 6.56. The maximum atomic E-state index is 12.5. The Morgan fingerprint density at radius 3 is 2.35 bits per heavy atom. The largest absolute Gasteiger partial charge is 0.497 e. The average Bonchev–Trinajstić information content (AvgIpc) is 2.53. The van der Waals surface area contributed by atoms with Crippen LogP contribution in [0, 0.1) is 0 Å². The third-order valence-corrected chi connectivity index (χ3v) is 3.44. The lowest BCUT2D eigenvalue weighted by Crippen LogP contribution is -2.09. The van der Waals surface area contributed by atoms with Gasteiger partial charge in [0.1, 0.15) is 16.9 Å². The van der Waals surface area contributed by atoms with Crippen molar-refractivity contribution in [2.45, 2.75) is 5.38 Å². The van der Waals surface area contributed by atoms with Gasteiger partial charge in [-0.05, 0) is 23.8 Å². The summed E-state index contributed by atoms with van der Waals surface area (Å²) in [7, 11) is 3.07. The van der Waals surface area contributed by atoms with Gasteiger partial charge in [0.25, 0.3) is 0 Å².